The van der Waals surface area contributed by atoms with Gasteiger partial charge in [-0.05, 0) is 19.1 Å². The van der Waals surface area contributed by atoms with Crippen molar-refractivity contribution in [2.24, 2.45) is 5.73 Å². The van der Waals surface area contributed by atoms with Crippen molar-refractivity contribution in [2.75, 3.05) is 13.1 Å². The molecule has 0 bridgehead atoms. The quantitative estimate of drug-likeness (QED) is 0.870. The minimum Gasteiger partial charge on any atom is -0.349 e. The molecular formula is C10H13ClF2N2OS. The largest absolute Gasteiger partial charge is 0.349 e. The second-order valence-corrected chi connectivity index (χ2v) is 5.39. The molecule has 0 radical (unpaired) electrons. The number of amides is 1. The van der Waals surface area contributed by atoms with Crippen LogP contribution in [-0.2, 0) is 4.79 Å². The molecule has 1 rings (SSSR count). The number of carbonyl (C=O) groups is 1. The van der Waals surface area contributed by atoms with Gasteiger partial charge in [0.1, 0.15) is 0 Å². The Morgan fingerprint density at radius 3 is 2.76 bits per heavy atom. The van der Waals surface area contributed by atoms with E-state index in [1.165, 1.54) is 11.3 Å². The summed E-state index contributed by atoms with van der Waals surface area (Å²) < 4.78 is 26.2. The first-order valence-corrected chi connectivity index (χ1v) is 6.16. The SMILES string of the molecule is CC(C(=O)NCC(F)(F)CN)c1ccc(Cl)s1. The van der Waals surface area contributed by atoms with E-state index in [1.807, 2.05) is 0 Å². The fourth-order valence-electron chi connectivity index (χ4n) is 1.13. The predicted octanol–water partition coefficient (Wildman–Crippen LogP) is 2.22. The number of thiophene rings is 1. The number of alkyl halides is 2. The molecule has 1 amide bonds. The van der Waals surface area contributed by atoms with E-state index in [1.54, 1.807) is 19.1 Å². The van der Waals surface area contributed by atoms with Gasteiger partial charge in [-0.25, -0.2) is 8.78 Å². The zero-order chi connectivity index (χ0) is 13.1. The topological polar surface area (TPSA) is 55.1 Å². The molecule has 3 nitrogen and oxygen atoms in total. The van der Waals surface area contributed by atoms with Crippen molar-refractivity contribution in [2.45, 2.75) is 18.8 Å². The van der Waals surface area contributed by atoms with Gasteiger partial charge in [0.2, 0.25) is 5.91 Å². The highest BCUT2D eigenvalue weighted by molar-refractivity contribution is 7.16. The minimum absolute atomic E-state index is 0.461. The molecule has 0 aliphatic carbocycles. The Morgan fingerprint density at radius 2 is 2.29 bits per heavy atom. The van der Waals surface area contributed by atoms with Crippen molar-refractivity contribution in [1.29, 1.82) is 0 Å². The van der Waals surface area contributed by atoms with Crippen molar-refractivity contribution in [1.82, 2.24) is 5.32 Å². The van der Waals surface area contributed by atoms with Crippen LogP contribution in [0.5, 0.6) is 0 Å². The van der Waals surface area contributed by atoms with E-state index in [0.29, 0.717) is 4.34 Å². The summed E-state index contributed by atoms with van der Waals surface area (Å²) >= 11 is 6.99. The molecule has 1 atom stereocenters. The Kier molecular flexibility index (Phi) is 4.85. The second kappa shape index (κ2) is 5.75. The Hall–Kier alpha value is -0.720. The average molecular weight is 283 g/mol. The maximum atomic E-state index is 12.8. The molecule has 7 heteroatoms. The van der Waals surface area contributed by atoms with Crippen LogP contribution in [0, 0.1) is 0 Å². The summed E-state index contributed by atoms with van der Waals surface area (Å²) in [6.45, 7) is 0.107. The highest BCUT2D eigenvalue weighted by Crippen LogP contribution is 2.28. The molecule has 96 valence electrons. The number of carbonyl (C=O) groups excluding carboxylic acids is 1. The number of hydrogen-bond donors (Lipinski definition) is 2. The van der Waals surface area contributed by atoms with Crippen LogP contribution in [0.25, 0.3) is 0 Å². The lowest BCUT2D eigenvalue weighted by Gasteiger charge is -2.16. The van der Waals surface area contributed by atoms with E-state index in [-0.39, 0.29) is 0 Å². The Labute approximate surface area is 107 Å². The highest BCUT2D eigenvalue weighted by atomic mass is 35.5. The molecule has 0 aliphatic rings. The van der Waals surface area contributed by atoms with Gasteiger partial charge < -0.3 is 11.1 Å². The Balaban J connectivity index is 2.54. The molecule has 3 N–H and O–H groups in total. The van der Waals surface area contributed by atoms with Crippen LogP contribution in [0.4, 0.5) is 8.78 Å². The molecule has 0 saturated heterocycles. The number of halogens is 3. The fraction of sp³-hybridized carbons (Fsp3) is 0.500. The minimum atomic E-state index is -3.07. The van der Waals surface area contributed by atoms with Crippen LogP contribution in [0.15, 0.2) is 12.1 Å². The molecule has 0 aliphatic heterocycles. The first kappa shape index (κ1) is 14.3. The molecule has 0 spiro atoms. The summed E-state index contributed by atoms with van der Waals surface area (Å²) in [5.41, 5.74) is 4.87. The van der Waals surface area contributed by atoms with Gasteiger partial charge in [0.15, 0.2) is 0 Å². The predicted molar refractivity (Wildman–Crippen MR) is 64.8 cm³/mol. The normalized spacial score (nSPS) is 13.5. The number of hydrogen-bond acceptors (Lipinski definition) is 3. The molecular weight excluding hydrogens is 270 g/mol. The van der Waals surface area contributed by atoms with Gasteiger partial charge in [-0.1, -0.05) is 11.6 Å². The first-order valence-electron chi connectivity index (χ1n) is 4.96. The van der Waals surface area contributed by atoms with Crippen molar-refractivity contribution in [3.8, 4) is 0 Å². The molecule has 17 heavy (non-hydrogen) atoms. The molecule has 1 heterocycles. The standard InChI is InChI=1S/C10H13ClF2N2OS/c1-6(7-2-3-8(11)17-7)9(16)15-5-10(12,13)4-14/h2-3,6H,4-5,14H2,1H3,(H,15,16). The Bertz CT molecular complexity index is 397. The lowest BCUT2D eigenvalue weighted by Crippen LogP contribution is -2.42. The first-order chi connectivity index (χ1) is 7.85. The van der Waals surface area contributed by atoms with Crippen LogP contribution in [0.3, 0.4) is 0 Å². The summed E-state index contributed by atoms with van der Waals surface area (Å²) in [5, 5.41) is 2.18. The molecule has 0 saturated carbocycles. The fourth-order valence-corrected chi connectivity index (χ4v) is 2.24. The highest BCUT2D eigenvalue weighted by Gasteiger charge is 2.28. The van der Waals surface area contributed by atoms with Crippen molar-refractivity contribution in [3.63, 3.8) is 0 Å². The van der Waals surface area contributed by atoms with E-state index in [0.717, 1.165) is 4.88 Å². The summed E-state index contributed by atoms with van der Waals surface area (Å²) in [6.07, 6.45) is 0. The lowest BCUT2D eigenvalue weighted by atomic mass is 10.1. The molecule has 1 aromatic heterocycles. The van der Waals surface area contributed by atoms with Crippen molar-refractivity contribution in [3.05, 3.63) is 21.3 Å². The van der Waals surface area contributed by atoms with E-state index in [4.69, 9.17) is 17.3 Å². The Morgan fingerprint density at radius 1 is 1.65 bits per heavy atom. The van der Waals surface area contributed by atoms with Crippen LogP contribution in [0.1, 0.15) is 17.7 Å². The van der Waals surface area contributed by atoms with E-state index < -0.39 is 30.8 Å². The van der Waals surface area contributed by atoms with Gasteiger partial charge >= 0.3 is 0 Å². The lowest BCUT2D eigenvalue weighted by molar-refractivity contribution is -0.123. The van der Waals surface area contributed by atoms with Crippen LogP contribution in [0.2, 0.25) is 4.34 Å². The summed E-state index contributed by atoms with van der Waals surface area (Å²) in [7, 11) is 0. The monoisotopic (exact) mass is 282 g/mol. The summed E-state index contributed by atoms with van der Waals surface area (Å²) in [6, 6.07) is 3.37. The van der Waals surface area contributed by atoms with Gasteiger partial charge in [-0.2, -0.15) is 0 Å². The zero-order valence-corrected chi connectivity index (χ0v) is 10.7. The van der Waals surface area contributed by atoms with Gasteiger partial charge in [-0.3, -0.25) is 4.79 Å². The number of rotatable bonds is 5. The smallest absolute Gasteiger partial charge is 0.277 e. The van der Waals surface area contributed by atoms with Gasteiger partial charge in [0.05, 0.1) is 23.3 Å². The van der Waals surface area contributed by atoms with Crippen LogP contribution >= 0.6 is 22.9 Å². The van der Waals surface area contributed by atoms with Gasteiger partial charge in [-0.15, -0.1) is 11.3 Å². The zero-order valence-electron chi connectivity index (χ0n) is 9.17. The van der Waals surface area contributed by atoms with Gasteiger partial charge in [0.25, 0.3) is 5.92 Å². The van der Waals surface area contributed by atoms with Crippen LogP contribution in [-0.4, -0.2) is 24.9 Å². The summed E-state index contributed by atoms with van der Waals surface area (Å²) in [5.74, 6) is -4.03. The van der Waals surface area contributed by atoms with Crippen molar-refractivity contribution >= 4 is 28.8 Å². The third kappa shape index (κ3) is 4.22. The molecule has 1 aromatic rings. The van der Waals surface area contributed by atoms with Crippen LogP contribution < -0.4 is 11.1 Å². The second-order valence-electron chi connectivity index (χ2n) is 3.64. The molecule has 0 fully saturated rings. The van der Waals surface area contributed by atoms with Gasteiger partial charge in [0, 0.05) is 4.88 Å². The van der Waals surface area contributed by atoms with E-state index >= 15 is 0 Å². The molecule has 1 unspecified atom stereocenters. The molecule has 0 aromatic carbocycles. The van der Waals surface area contributed by atoms with E-state index in [9.17, 15) is 13.6 Å². The maximum absolute atomic E-state index is 12.8. The number of nitrogens with two attached hydrogens (primary N) is 1. The average Bonchev–Trinajstić information content (AvgIpc) is 2.72. The maximum Gasteiger partial charge on any atom is 0.277 e. The number of nitrogens with one attached hydrogen (secondary N) is 1. The third-order valence-corrected chi connectivity index (χ3v) is 3.65. The van der Waals surface area contributed by atoms with Crippen molar-refractivity contribution < 1.29 is 13.6 Å². The van der Waals surface area contributed by atoms with E-state index in [2.05, 4.69) is 5.32 Å². The summed E-state index contributed by atoms with van der Waals surface area (Å²) in [4.78, 5) is 12.3. The third-order valence-electron chi connectivity index (χ3n) is 2.23.